The Hall–Kier alpha value is -2.39. The van der Waals surface area contributed by atoms with Crippen LogP contribution in [0.4, 0.5) is 5.69 Å². The molecule has 0 saturated carbocycles. The molecule has 0 bridgehead atoms. The molecule has 1 saturated heterocycles. The molecular weight excluding hydrogens is 358 g/mol. The van der Waals surface area contributed by atoms with Crippen LogP contribution in [0.1, 0.15) is 17.0 Å². The fourth-order valence-electron chi connectivity index (χ4n) is 2.85. The molecule has 0 atom stereocenters. The zero-order valence-corrected chi connectivity index (χ0v) is 15.5. The van der Waals surface area contributed by atoms with Gasteiger partial charge in [-0.2, -0.15) is 0 Å². The van der Waals surface area contributed by atoms with Gasteiger partial charge in [-0.15, -0.1) is 0 Å². The number of aryl methyl sites for hydroxylation is 2. The summed E-state index contributed by atoms with van der Waals surface area (Å²) in [4.78, 5) is 14.1. The molecule has 140 valence electrons. The first kappa shape index (κ1) is 18.4. The summed E-state index contributed by atoms with van der Waals surface area (Å²) in [6.45, 7) is 5.46. The third-order valence-electron chi connectivity index (χ3n) is 4.16. The Bertz CT molecular complexity index is 864. The minimum Gasteiger partial charge on any atom is -0.378 e. The van der Waals surface area contributed by atoms with Crippen LogP contribution >= 0.6 is 0 Å². The van der Waals surface area contributed by atoms with E-state index in [1.807, 2.05) is 0 Å². The largest absolute Gasteiger partial charge is 0.378 e. The highest BCUT2D eigenvalue weighted by Crippen LogP contribution is 2.22. The van der Waals surface area contributed by atoms with E-state index in [1.165, 1.54) is 0 Å². The molecule has 1 aliphatic rings. The van der Waals surface area contributed by atoms with Crippen LogP contribution in [0.3, 0.4) is 0 Å². The number of nitrogens with zero attached hydrogens (tertiary/aromatic N) is 2. The van der Waals surface area contributed by atoms with Crippen LogP contribution < -0.4 is 4.72 Å². The van der Waals surface area contributed by atoms with Crippen LogP contribution in [-0.2, 0) is 26.0 Å². The molecule has 2 heterocycles. The number of aromatic nitrogens is 1. The molecular formula is C17H21N3O5S. The number of morpholine rings is 1. The third kappa shape index (κ3) is 4.05. The van der Waals surface area contributed by atoms with Crippen molar-refractivity contribution >= 4 is 21.6 Å². The van der Waals surface area contributed by atoms with Gasteiger partial charge >= 0.3 is 0 Å². The molecule has 0 radical (unpaired) electrons. The van der Waals surface area contributed by atoms with Gasteiger partial charge in [0.05, 0.1) is 19.6 Å². The van der Waals surface area contributed by atoms with Crippen molar-refractivity contribution in [2.45, 2.75) is 25.2 Å². The topological polar surface area (TPSA) is 102 Å². The zero-order valence-electron chi connectivity index (χ0n) is 14.7. The van der Waals surface area contributed by atoms with Gasteiger partial charge in [0, 0.05) is 18.8 Å². The number of hydrogen-bond donors (Lipinski definition) is 1. The van der Waals surface area contributed by atoms with Crippen molar-refractivity contribution in [3.63, 3.8) is 0 Å². The smallest absolute Gasteiger partial charge is 0.267 e. The summed E-state index contributed by atoms with van der Waals surface area (Å²) in [5, 5.41) is 3.67. The first-order chi connectivity index (χ1) is 12.4. The number of benzene rings is 1. The Labute approximate surface area is 152 Å². The lowest BCUT2D eigenvalue weighted by Gasteiger charge is -2.26. The van der Waals surface area contributed by atoms with E-state index in [0.29, 0.717) is 37.7 Å². The molecule has 1 N–H and O–H groups in total. The van der Waals surface area contributed by atoms with Crippen molar-refractivity contribution in [3.05, 3.63) is 41.3 Å². The van der Waals surface area contributed by atoms with E-state index in [4.69, 9.17) is 9.26 Å². The predicted molar refractivity (Wildman–Crippen MR) is 94.3 cm³/mol. The van der Waals surface area contributed by atoms with Crippen molar-refractivity contribution < 1.29 is 22.5 Å². The highest BCUT2D eigenvalue weighted by molar-refractivity contribution is 7.92. The summed E-state index contributed by atoms with van der Waals surface area (Å²) >= 11 is 0. The van der Waals surface area contributed by atoms with Gasteiger partial charge in [0.25, 0.3) is 10.0 Å². The van der Waals surface area contributed by atoms with Gasteiger partial charge in [-0.25, -0.2) is 8.42 Å². The van der Waals surface area contributed by atoms with Gasteiger partial charge < -0.3 is 14.2 Å². The lowest BCUT2D eigenvalue weighted by Crippen LogP contribution is -2.41. The van der Waals surface area contributed by atoms with Gasteiger partial charge in [-0.3, -0.25) is 9.52 Å². The lowest BCUT2D eigenvalue weighted by molar-refractivity contribution is -0.134. The second-order valence-electron chi connectivity index (χ2n) is 6.13. The van der Waals surface area contributed by atoms with E-state index < -0.39 is 10.0 Å². The lowest BCUT2D eigenvalue weighted by atomic mass is 10.1. The highest BCUT2D eigenvalue weighted by Gasteiger charge is 2.24. The van der Waals surface area contributed by atoms with Crippen molar-refractivity contribution in [2.24, 2.45) is 0 Å². The van der Waals surface area contributed by atoms with Crippen LogP contribution in [0.5, 0.6) is 0 Å². The molecule has 1 aliphatic heterocycles. The molecule has 3 rings (SSSR count). The maximum absolute atomic E-state index is 12.5. The van der Waals surface area contributed by atoms with Crippen LogP contribution in [-0.4, -0.2) is 50.7 Å². The SMILES string of the molecule is Cc1noc(C)c1S(=O)(=O)Nc1ccc(CC(=O)N2CCOCC2)cc1. The van der Waals surface area contributed by atoms with E-state index in [0.717, 1.165) is 5.56 Å². The first-order valence-electron chi connectivity index (χ1n) is 8.27. The Morgan fingerprint density at radius 3 is 2.42 bits per heavy atom. The van der Waals surface area contributed by atoms with Crippen molar-refractivity contribution in [1.82, 2.24) is 10.1 Å². The number of carbonyl (C=O) groups is 1. The van der Waals surface area contributed by atoms with E-state index in [1.54, 1.807) is 43.0 Å². The maximum atomic E-state index is 12.5. The molecule has 1 aromatic heterocycles. The number of sulfonamides is 1. The standard InChI is InChI=1S/C17H21N3O5S/c1-12-17(13(2)25-18-12)26(22,23)19-15-5-3-14(4-6-15)11-16(21)20-7-9-24-10-8-20/h3-6,19H,7-11H2,1-2H3. The van der Waals surface area contributed by atoms with Crippen LogP contribution in [0.15, 0.2) is 33.7 Å². The fraction of sp³-hybridized carbons (Fsp3) is 0.412. The average molecular weight is 379 g/mol. The average Bonchev–Trinajstić information content (AvgIpc) is 2.96. The van der Waals surface area contributed by atoms with Crippen molar-refractivity contribution in [2.75, 3.05) is 31.0 Å². The minimum absolute atomic E-state index is 0.0392. The molecule has 1 amide bonds. The molecule has 0 unspecified atom stereocenters. The zero-order chi connectivity index (χ0) is 18.7. The Morgan fingerprint density at radius 1 is 1.19 bits per heavy atom. The monoisotopic (exact) mass is 379 g/mol. The van der Waals surface area contributed by atoms with Crippen LogP contribution in [0, 0.1) is 13.8 Å². The first-order valence-corrected chi connectivity index (χ1v) is 9.75. The number of carbonyl (C=O) groups excluding carboxylic acids is 1. The van der Waals surface area contributed by atoms with Gasteiger partial charge in [-0.05, 0) is 31.5 Å². The summed E-state index contributed by atoms with van der Waals surface area (Å²) in [7, 11) is -3.78. The molecule has 0 spiro atoms. The second kappa shape index (κ2) is 7.46. The van der Waals surface area contributed by atoms with Gasteiger partial charge in [0.2, 0.25) is 5.91 Å². The Morgan fingerprint density at radius 2 is 1.85 bits per heavy atom. The second-order valence-corrected chi connectivity index (χ2v) is 7.74. The number of rotatable bonds is 5. The van der Waals surface area contributed by atoms with Crippen molar-refractivity contribution in [1.29, 1.82) is 0 Å². The number of hydrogen-bond acceptors (Lipinski definition) is 6. The number of ether oxygens (including phenoxy) is 1. The Kier molecular flexibility index (Phi) is 5.28. The van der Waals surface area contributed by atoms with Crippen LogP contribution in [0.2, 0.25) is 0 Å². The van der Waals surface area contributed by atoms with E-state index in [-0.39, 0.29) is 23.0 Å². The molecule has 1 fully saturated rings. The fourth-order valence-corrected chi connectivity index (χ4v) is 4.24. The maximum Gasteiger partial charge on any atom is 0.267 e. The van der Waals surface area contributed by atoms with E-state index in [2.05, 4.69) is 9.88 Å². The quantitative estimate of drug-likeness (QED) is 0.845. The van der Waals surface area contributed by atoms with Crippen molar-refractivity contribution in [3.8, 4) is 0 Å². The molecule has 9 heteroatoms. The molecule has 1 aromatic carbocycles. The summed E-state index contributed by atoms with van der Waals surface area (Å²) in [6, 6.07) is 6.75. The molecule has 0 aliphatic carbocycles. The predicted octanol–water partition coefficient (Wildman–Crippen LogP) is 1.49. The summed E-state index contributed by atoms with van der Waals surface area (Å²) in [5.41, 5.74) is 1.54. The molecule has 8 nitrogen and oxygen atoms in total. The summed E-state index contributed by atoms with van der Waals surface area (Å²) < 4.78 is 37.6. The number of amides is 1. The van der Waals surface area contributed by atoms with Crippen LogP contribution in [0.25, 0.3) is 0 Å². The normalized spacial score (nSPS) is 15.1. The highest BCUT2D eigenvalue weighted by atomic mass is 32.2. The molecule has 26 heavy (non-hydrogen) atoms. The minimum atomic E-state index is -3.78. The van der Waals surface area contributed by atoms with Gasteiger partial charge in [-0.1, -0.05) is 17.3 Å². The van der Waals surface area contributed by atoms with Gasteiger partial charge in [0.15, 0.2) is 10.7 Å². The van der Waals surface area contributed by atoms with Gasteiger partial charge in [0.1, 0.15) is 5.69 Å². The van der Waals surface area contributed by atoms with E-state index in [9.17, 15) is 13.2 Å². The number of anilines is 1. The number of nitrogens with one attached hydrogen (secondary N) is 1. The summed E-state index contributed by atoms with van der Waals surface area (Å²) in [5.74, 6) is 0.278. The van der Waals surface area contributed by atoms with E-state index >= 15 is 0 Å². The third-order valence-corrected chi connectivity index (χ3v) is 5.79. The molecule has 2 aromatic rings. The summed E-state index contributed by atoms with van der Waals surface area (Å²) in [6.07, 6.45) is 0.275. The Balaban J connectivity index is 1.67.